The lowest BCUT2D eigenvalue weighted by Crippen LogP contribution is -2.25. The number of benzene rings is 2. The fourth-order valence-corrected chi connectivity index (χ4v) is 4.30. The van der Waals surface area contributed by atoms with Crippen LogP contribution in [0.4, 0.5) is 11.4 Å². The molecule has 0 amide bonds. The lowest BCUT2D eigenvalue weighted by atomic mass is 9.93. The van der Waals surface area contributed by atoms with Crippen molar-refractivity contribution in [3.05, 3.63) is 54.0 Å². The third-order valence-corrected chi connectivity index (χ3v) is 6.02. The van der Waals surface area contributed by atoms with Gasteiger partial charge in [0.05, 0.1) is 34.8 Å². The minimum atomic E-state index is 0.0786. The quantitative estimate of drug-likeness (QED) is 0.543. The van der Waals surface area contributed by atoms with Crippen LogP contribution >= 0.6 is 0 Å². The van der Waals surface area contributed by atoms with Crippen molar-refractivity contribution in [1.82, 2.24) is 19.7 Å². The van der Waals surface area contributed by atoms with Crippen LogP contribution in [0.15, 0.2) is 42.9 Å². The number of phenolic OH excluding ortho intramolecular Hbond substituents is 2. The maximum absolute atomic E-state index is 10.5. The van der Waals surface area contributed by atoms with E-state index in [2.05, 4.69) is 27.1 Å². The molecule has 0 unspecified atom stereocenters. The third kappa shape index (κ3) is 2.77. The van der Waals surface area contributed by atoms with Crippen molar-refractivity contribution in [3.63, 3.8) is 0 Å². The molecular weight excluding hydrogens is 378 g/mol. The summed E-state index contributed by atoms with van der Waals surface area (Å²) in [6.45, 7) is 0.865. The van der Waals surface area contributed by atoms with Crippen molar-refractivity contribution >= 4 is 22.4 Å². The molecule has 7 heteroatoms. The van der Waals surface area contributed by atoms with Crippen LogP contribution < -0.4 is 4.90 Å². The minimum absolute atomic E-state index is 0.0786. The molecule has 7 nitrogen and oxygen atoms in total. The van der Waals surface area contributed by atoms with Crippen molar-refractivity contribution in [2.75, 3.05) is 11.4 Å². The smallest absolute Gasteiger partial charge is 0.124 e. The van der Waals surface area contributed by atoms with E-state index in [4.69, 9.17) is 4.98 Å². The van der Waals surface area contributed by atoms with Crippen LogP contribution in [0.25, 0.3) is 22.3 Å². The Morgan fingerprint density at radius 1 is 1.03 bits per heavy atom. The zero-order valence-electron chi connectivity index (χ0n) is 16.6. The molecule has 3 heterocycles. The number of rotatable bonds is 3. The summed E-state index contributed by atoms with van der Waals surface area (Å²) >= 11 is 0. The first-order valence-electron chi connectivity index (χ1n) is 10.2. The van der Waals surface area contributed by atoms with E-state index >= 15 is 0 Å². The topological polar surface area (TPSA) is 87.3 Å². The molecule has 0 radical (unpaired) electrons. The molecule has 2 aromatic carbocycles. The molecule has 2 N–H and O–H groups in total. The normalized spacial score (nSPS) is 15.3. The van der Waals surface area contributed by atoms with Gasteiger partial charge in [-0.05, 0) is 36.5 Å². The second-order valence-electron chi connectivity index (χ2n) is 8.32. The molecule has 2 aliphatic rings. The van der Waals surface area contributed by atoms with E-state index in [1.807, 2.05) is 13.2 Å². The molecule has 1 fully saturated rings. The first-order chi connectivity index (χ1) is 14.5. The van der Waals surface area contributed by atoms with E-state index in [-0.39, 0.29) is 11.5 Å². The Balaban J connectivity index is 1.52. The lowest BCUT2D eigenvalue weighted by molar-refractivity contribution is 0.446. The maximum Gasteiger partial charge on any atom is 0.124 e. The Kier molecular flexibility index (Phi) is 3.56. The SMILES string of the molecule is Cn1cc(-c2cnc3cc4c(cc3n2)N(CC2CC2)c2cc(O)cc(O)c2C4)cn1. The van der Waals surface area contributed by atoms with Crippen LogP contribution in [0.1, 0.15) is 24.0 Å². The molecule has 4 aromatic rings. The van der Waals surface area contributed by atoms with E-state index < -0.39 is 0 Å². The van der Waals surface area contributed by atoms with E-state index in [0.717, 1.165) is 51.3 Å². The third-order valence-electron chi connectivity index (χ3n) is 6.02. The Morgan fingerprint density at radius 2 is 1.90 bits per heavy atom. The first kappa shape index (κ1) is 17.3. The molecule has 0 atom stereocenters. The fourth-order valence-electron chi connectivity index (χ4n) is 4.30. The van der Waals surface area contributed by atoms with E-state index in [0.29, 0.717) is 12.3 Å². The van der Waals surface area contributed by atoms with Gasteiger partial charge in [0.1, 0.15) is 11.5 Å². The predicted molar refractivity (Wildman–Crippen MR) is 114 cm³/mol. The van der Waals surface area contributed by atoms with Gasteiger partial charge in [-0.1, -0.05) is 0 Å². The monoisotopic (exact) mass is 399 g/mol. The second kappa shape index (κ2) is 6.19. The summed E-state index contributed by atoms with van der Waals surface area (Å²) in [7, 11) is 1.88. The van der Waals surface area contributed by atoms with Gasteiger partial charge in [0, 0.05) is 55.2 Å². The molecule has 2 aromatic heterocycles. The van der Waals surface area contributed by atoms with Crippen molar-refractivity contribution < 1.29 is 10.2 Å². The predicted octanol–water partition coefficient (Wildman–Crippen LogP) is 3.89. The summed E-state index contributed by atoms with van der Waals surface area (Å²) in [6.07, 6.45) is 8.51. The first-order valence-corrected chi connectivity index (χ1v) is 10.2. The standard InChI is InChI=1S/C23H21N5O2/c1-27-12-15(9-25-27)20-10-24-18-5-14-4-17-22(6-16(29)7-23(17)30)28(11-13-2-3-13)21(14)8-19(18)26-20/h5-10,12-13,29-30H,2-4,11H2,1H3. The van der Waals surface area contributed by atoms with Crippen molar-refractivity contribution in [3.8, 4) is 22.8 Å². The zero-order chi connectivity index (χ0) is 20.4. The zero-order valence-corrected chi connectivity index (χ0v) is 16.6. The summed E-state index contributed by atoms with van der Waals surface area (Å²) in [5.41, 5.74) is 7.28. The molecule has 0 bridgehead atoms. The Bertz CT molecular complexity index is 1310. The van der Waals surface area contributed by atoms with Crippen LogP contribution in [0, 0.1) is 5.92 Å². The van der Waals surface area contributed by atoms with Crippen LogP contribution in [0.5, 0.6) is 11.5 Å². The number of aromatic nitrogens is 4. The second-order valence-corrected chi connectivity index (χ2v) is 8.32. The van der Waals surface area contributed by atoms with Gasteiger partial charge in [-0.15, -0.1) is 0 Å². The summed E-state index contributed by atoms with van der Waals surface area (Å²) in [5, 5.41) is 24.8. The van der Waals surface area contributed by atoms with Gasteiger partial charge >= 0.3 is 0 Å². The number of hydrogen-bond donors (Lipinski definition) is 2. The number of phenols is 2. The van der Waals surface area contributed by atoms with Gasteiger partial charge in [-0.2, -0.15) is 5.10 Å². The van der Waals surface area contributed by atoms with Gasteiger partial charge in [0.2, 0.25) is 0 Å². The van der Waals surface area contributed by atoms with E-state index in [9.17, 15) is 10.2 Å². The van der Waals surface area contributed by atoms with Gasteiger partial charge in [0.15, 0.2) is 0 Å². The number of hydrogen-bond acceptors (Lipinski definition) is 6. The van der Waals surface area contributed by atoms with Crippen LogP contribution in [-0.4, -0.2) is 36.5 Å². The highest BCUT2D eigenvalue weighted by atomic mass is 16.3. The van der Waals surface area contributed by atoms with Crippen LogP contribution in [-0.2, 0) is 13.5 Å². The van der Waals surface area contributed by atoms with Gasteiger partial charge in [-0.25, -0.2) is 4.98 Å². The molecule has 1 aliphatic heterocycles. The minimum Gasteiger partial charge on any atom is -0.508 e. The Labute approximate surface area is 173 Å². The highest BCUT2D eigenvalue weighted by Crippen LogP contribution is 2.47. The average molecular weight is 399 g/mol. The summed E-state index contributed by atoms with van der Waals surface area (Å²) in [5.74, 6) is 0.848. The summed E-state index contributed by atoms with van der Waals surface area (Å²) in [4.78, 5) is 11.7. The molecular formula is C23H21N5O2. The average Bonchev–Trinajstić information content (AvgIpc) is 3.44. The number of anilines is 2. The molecule has 0 saturated heterocycles. The van der Waals surface area contributed by atoms with E-state index in [1.165, 1.54) is 18.9 Å². The number of nitrogens with zero attached hydrogens (tertiary/aromatic N) is 5. The summed E-state index contributed by atoms with van der Waals surface area (Å²) in [6, 6.07) is 7.33. The molecule has 150 valence electrons. The van der Waals surface area contributed by atoms with Gasteiger partial charge < -0.3 is 15.1 Å². The van der Waals surface area contributed by atoms with Gasteiger partial charge in [-0.3, -0.25) is 9.67 Å². The van der Waals surface area contributed by atoms with E-state index in [1.54, 1.807) is 23.1 Å². The van der Waals surface area contributed by atoms with Gasteiger partial charge in [0.25, 0.3) is 0 Å². The molecule has 1 saturated carbocycles. The summed E-state index contributed by atoms with van der Waals surface area (Å²) < 4.78 is 1.75. The highest BCUT2D eigenvalue weighted by Gasteiger charge is 2.31. The van der Waals surface area contributed by atoms with Crippen LogP contribution in [0.2, 0.25) is 0 Å². The number of fused-ring (bicyclic) bond motifs is 3. The number of aromatic hydroxyl groups is 2. The number of aryl methyl sites for hydroxylation is 1. The van der Waals surface area contributed by atoms with Crippen molar-refractivity contribution in [1.29, 1.82) is 0 Å². The maximum atomic E-state index is 10.5. The van der Waals surface area contributed by atoms with Crippen LogP contribution in [0.3, 0.4) is 0 Å². The molecule has 0 spiro atoms. The van der Waals surface area contributed by atoms with Crippen molar-refractivity contribution in [2.24, 2.45) is 13.0 Å². The van der Waals surface area contributed by atoms with Crippen molar-refractivity contribution in [2.45, 2.75) is 19.3 Å². The lowest BCUT2D eigenvalue weighted by Gasteiger charge is -2.34. The Hall–Kier alpha value is -3.61. The largest absolute Gasteiger partial charge is 0.508 e. The fraction of sp³-hybridized carbons (Fsp3) is 0.261. The molecule has 1 aliphatic carbocycles. The molecule has 30 heavy (non-hydrogen) atoms. The molecule has 6 rings (SSSR count). The Morgan fingerprint density at radius 3 is 2.67 bits per heavy atom. The highest BCUT2D eigenvalue weighted by molar-refractivity contribution is 5.87.